The molecular formula is C23H18ClN3O3S. The fourth-order valence-electron chi connectivity index (χ4n) is 3.99. The number of aryl methyl sites for hydroxylation is 1. The molecule has 2 unspecified atom stereocenters. The van der Waals surface area contributed by atoms with Crippen LogP contribution in [0.4, 0.5) is 10.5 Å². The van der Waals surface area contributed by atoms with Crippen molar-refractivity contribution in [3.8, 4) is 5.75 Å². The van der Waals surface area contributed by atoms with E-state index in [0.29, 0.717) is 16.5 Å². The first kappa shape index (κ1) is 19.9. The summed E-state index contributed by atoms with van der Waals surface area (Å²) >= 11 is 7.89. The fraction of sp³-hybridized carbons (Fsp3) is 0.174. The van der Waals surface area contributed by atoms with Crippen LogP contribution in [-0.2, 0) is 4.79 Å². The fourth-order valence-corrected chi connectivity index (χ4v) is 5.59. The third-order valence-electron chi connectivity index (χ3n) is 5.51. The maximum atomic E-state index is 13.4. The molecule has 2 aromatic carbocycles. The summed E-state index contributed by atoms with van der Waals surface area (Å²) < 4.78 is 5.33. The summed E-state index contributed by atoms with van der Waals surface area (Å²) in [5, 5.41) is 4.66. The molecule has 2 aliphatic rings. The van der Waals surface area contributed by atoms with Gasteiger partial charge >= 0.3 is 6.03 Å². The highest BCUT2D eigenvalue weighted by Crippen LogP contribution is 2.45. The minimum absolute atomic E-state index is 0.274. The summed E-state index contributed by atoms with van der Waals surface area (Å²) in [5.41, 5.74) is 2.24. The first-order chi connectivity index (χ1) is 15.0. The van der Waals surface area contributed by atoms with Crippen LogP contribution in [-0.4, -0.2) is 35.3 Å². The Bertz CT molecular complexity index is 1270. The molecule has 0 spiro atoms. The molecule has 0 saturated carbocycles. The minimum Gasteiger partial charge on any atom is -0.496 e. The van der Waals surface area contributed by atoms with Crippen LogP contribution in [0.2, 0.25) is 5.02 Å². The molecule has 3 heterocycles. The van der Waals surface area contributed by atoms with Crippen molar-refractivity contribution in [3.63, 3.8) is 0 Å². The van der Waals surface area contributed by atoms with Gasteiger partial charge in [0.05, 0.1) is 30.1 Å². The third kappa shape index (κ3) is 3.25. The standard InChI is InChI=1S/C23H18ClN3O3S/c1-12-7-15(16(24)8-19(12)30-2)20-9-17-21(31-20)22(28)27(23(29)26-17)18-11-25-10-13-5-3-4-6-14(13)18/h3-11,17,21H,1-2H3,(H,26,29). The number of nitrogens with zero attached hydrogens (tertiary/aromatic N) is 2. The number of benzene rings is 2. The average Bonchev–Trinajstić information content (AvgIpc) is 3.19. The number of hydrogen-bond donors (Lipinski definition) is 1. The molecule has 2 atom stereocenters. The Kier molecular flexibility index (Phi) is 4.87. The van der Waals surface area contributed by atoms with E-state index < -0.39 is 17.3 Å². The number of methoxy groups -OCH3 is 1. The maximum Gasteiger partial charge on any atom is 0.329 e. The second-order valence-corrected chi connectivity index (χ2v) is 8.99. The number of halogens is 1. The SMILES string of the molecule is COc1cc(Cl)c(C2=CC3NC(=O)N(c4cncc5ccccc45)C(=O)C3S2)cc1C. The van der Waals surface area contributed by atoms with Gasteiger partial charge in [-0.1, -0.05) is 35.9 Å². The van der Waals surface area contributed by atoms with Gasteiger partial charge in [0.1, 0.15) is 11.0 Å². The Hall–Kier alpha value is -3.03. The van der Waals surface area contributed by atoms with Crippen molar-refractivity contribution in [1.29, 1.82) is 0 Å². The Balaban J connectivity index is 1.50. The summed E-state index contributed by atoms with van der Waals surface area (Å²) in [7, 11) is 1.60. The first-order valence-electron chi connectivity index (χ1n) is 9.68. The zero-order valence-electron chi connectivity index (χ0n) is 16.8. The Morgan fingerprint density at radius 2 is 2.00 bits per heavy atom. The number of rotatable bonds is 3. The van der Waals surface area contributed by atoms with Gasteiger partial charge in [-0.2, -0.15) is 0 Å². The number of anilines is 1. The van der Waals surface area contributed by atoms with Gasteiger partial charge in [-0.25, -0.2) is 9.69 Å². The lowest BCUT2D eigenvalue weighted by Crippen LogP contribution is -2.60. The van der Waals surface area contributed by atoms with Crippen LogP contribution in [0.3, 0.4) is 0 Å². The summed E-state index contributed by atoms with van der Waals surface area (Å²) in [6, 6.07) is 10.4. The van der Waals surface area contributed by atoms with E-state index in [1.807, 2.05) is 43.3 Å². The summed E-state index contributed by atoms with van der Waals surface area (Å²) in [6.07, 6.45) is 5.17. The summed E-state index contributed by atoms with van der Waals surface area (Å²) in [4.78, 5) is 32.6. The predicted octanol–water partition coefficient (Wildman–Crippen LogP) is 4.79. The lowest BCUT2D eigenvalue weighted by atomic mass is 10.1. The molecule has 8 heteroatoms. The highest BCUT2D eigenvalue weighted by molar-refractivity contribution is 8.09. The monoisotopic (exact) mass is 451 g/mol. The number of pyridine rings is 1. The van der Waals surface area contributed by atoms with Gasteiger partial charge < -0.3 is 10.1 Å². The van der Waals surface area contributed by atoms with E-state index in [-0.39, 0.29) is 5.91 Å². The smallest absolute Gasteiger partial charge is 0.329 e. The predicted molar refractivity (Wildman–Crippen MR) is 124 cm³/mol. The van der Waals surface area contributed by atoms with E-state index in [1.165, 1.54) is 16.7 Å². The molecule has 156 valence electrons. The van der Waals surface area contributed by atoms with Crippen molar-refractivity contribution in [2.45, 2.75) is 18.2 Å². The van der Waals surface area contributed by atoms with Gasteiger partial charge in [-0.3, -0.25) is 9.78 Å². The van der Waals surface area contributed by atoms with Gasteiger partial charge in [0, 0.05) is 27.4 Å². The number of hydrogen-bond acceptors (Lipinski definition) is 5. The number of nitrogens with one attached hydrogen (secondary N) is 1. The van der Waals surface area contributed by atoms with Gasteiger partial charge in [0.15, 0.2) is 0 Å². The van der Waals surface area contributed by atoms with Crippen molar-refractivity contribution >= 4 is 56.7 Å². The molecule has 1 N–H and O–H groups in total. The number of thioether (sulfide) groups is 1. The van der Waals surface area contributed by atoms with E-state index in [4.69, 9.17) is 16.3 Å². The van der Waals surface area contributed by atoms with Crippen molar-refractivity contribution in [2.75, 3.05) is 12.0 Å². The van der Waals surface area contributed by atoms with Gasteiger partial charge in [-0.05, 0) is 30.7 Å². The molecular weight excluding hydrogens is 434 g/mol. The molecule has 3 amide bonds. The molecule has 5 rings (SSSR count). The van der Waals surface area contributed by atoms with Crippen LogP contribution in [0, 0.1) is 6.92 Å². The van der Waals surface area contributed by atoms with Crippen molar-refractivity contribution in [1.82, 2.24) is 10.3 Å². The third-order valence-corrected chi connectivity index (χ3v) is 7.18. The number of urea groups is 1. The van der Waals surface area contributed by atoms with E-state index in [9.17, 15) is 9.59 Å². The normalized spacial score (nSPS) is 20.5. The van der Waals surface area contributed by atoms with Crippen LogP contribution in [0.15, 0.2) is 54.9 Å². The molecule has 3 aromatic rings. The second-order valence-electron chi connectivity index (χ2n) is 7.40. The van der Waals surface area contributed by atoms with Crippen LogP contribution in [0.1, 0.15) is 11.1 Å². The number of amides is 3. The number of imide groups is 1. The molecule has 6 nitrogen and oxygen atoms in total. The van der Waals surface area contributed by atoms with Crippen LogP contribution in [0.25, 0.3) is 15.7 Å². The quantitative estimate of drug-likeness (QED) is 0.620. The number of aromatic nitrogens is 1. The molecule has 31 heavy (non-hydrogen) atoms. The van der Waals surface area contributed by atoms with Crippen LogP contribution >= 0.6 is 23.4 Å². The van der Waals surface area contributed by atoms with Gasteiger partial charge in [0.25, 0.3) is 5.91 Å². The molecule has 1 fully saturated rings. The molecule has 2 aliphatic heterocycles. The lowest BCUT2D eigenvalue weighted by Gasteiger charge is -2.33. The lowest BCUT2D eigenvalue weighted by molar-refractivity contribution is -0.118. The maximum absolute atomic E-state index is 13.4. The Morgan fingerprint density at radius 3 is 2.81 bits per heavy atom. The van der Waals surface area contributed by atoms with Crippen LogP contribution < -0.4 is 15.0 Å². The zero-order chi connectivity index (χ0) is 21.7. The number of carbonyl (C=O) groups excluding carboxylic acids is 2. The van der Waals surface area contributed by atoms with Crippen molar-refractivity contribution in [2.24, 2.45) is 0 Å². The highest BCUT2D eigenvalue weighted by atomic mass is 35.5. The molecule has 1 aromatic heterocycles. The van der Waals surface area contributed by atoms with E-state index in [1.54, 1.807) is 25.6 Å². The molecule has 1 saturated heterocycles. The highest BCUT2D eigenvalue weighted by Gasteiger charge is 2.45. The minimum atomic E-state index is -0.481. The number of fused-ring (bicyclic) bond motifs is 2. The van der Waals surface area contributed by atoms with E-state index >= 15 is 0 Å². The van der Waals surface area contributed by atoms with Crippen LogP contribution in [0.5, 0.6) is 5.75 Å². The van der Waals surface area contributed by atoms with Crippen molar-refractivity contribution < 1.29 is 14.3 Å². The van der Waals surface area contributed by atoms with Gasteiger partial charge in [0.2, 0.25) is 0 Å². The average molecular weight is 452 g/mol. The van der Waals surface area contributed by atoms with E-state index in [0.717, 1.165) is 26.8 Å². The molecule has 0 bridgehead atoms. The molecule has 0 aliphatic carbocycles. The zero-order valence-corrected chi connectivity index (χ0v) is 18.3. The van der Waals surface area contributed by atoms with E-state index in [2.05, 4.69) is 10.3 Å². The first-order valence-corrected chi connectivity index (χ1v) is 10.9. The second kappa shape index (κ2) is 7.59. The van der Waals surface area contributed by atoms with Gasteiger partial charge in [-0.15, -0.1) is 11.8 Å². The van der Waals surface area contributed by atoms with Crippen molar-refractivity contribution in [3.05, 3.63) is 71.0 Å². The summed E-state index contributed by atoms with van der Waals surface area (Å²) in [5.74, 6) is 0.429. The number of ether oxygens (including phenoxy) is 1. The Morgan fingerprint density at radius 1 is 1.19 bits per heavy atom. The summed E-state index contributed by atoms with van der Waals surface area (Å²) in [6.45, 7) is 1.94. The largest absolute Gasteiger partial charge is 0.496 e. The number of carbonyl (C=O) groups is 2. The molecule has 0 radical (unpaired) electrons. The Labute approximate surface area is 188 Å². The topological polar surface area (TPSA) is 71.5 Å².